The highest BCUT2D eigenvalue weighted by atomic mass is 32.2. The summed E-state index contributed by atoms with van der Waals surface area (Å²) in [5.41, 5.74) is 1.99. The SMILES string of the molecule is COc1ccc(NS(=O)(=O)c2cc(C)c(C)s2)c(C)n1. The van der Waals surface area contributed by atoms with Crippen LogP contribution in [0.1, 0.15) is 16.1 Å². The van der Waals surface area contributed by atoms with Crippen LogP contribution in [0.5, 0.6) is 5.88 Å². The average molecular weight is 312 g/mol. The summed E-state index contributed by atoms with van der Waals surface area (Å²) in [5.74, 6) is 0.452. The second-order valence-corrected chi connectivity index (χ2v) is 7.56. The van der Waals surface area contributed by atoms with Crippen LogP contribution >= 0.6 is 11.3 Å². The fourth-order valence-electron chi connectivity index (χ4n) is 1.63. The summed E-state index contributed by atoms with van der Waals surface area (Å²) in [4.78, 5) is 5.14. The minimum atomic E-state index is -3.57. The van der Waals surface area contributed by atoms with Crippen LogP contribution in [0.25, 0.3) is 0 Å². The van der Waals surface area contributed by atoms with Gasteiger partial charge in [0.15, 0.2) is 0 Å². The quantitative estimate of drug-likeness (QED) is 0.942. The lowest BCUT2D eigenvalue weighted by atomic mass is 10.3. The highest BCUT2D eigenvalue weighted by Gasteiger charge is 2.19. The van der Waals surface area contributed by atoms with Gasteiger partial charge >= 0.3 is 0 Å². The number of aromatic nitrogens is 1. The van der Waals surface area contributed by atoms with Gasteiger partial charge in [-0.25, -0.2) is 13.4 Å². The molecule has 0 atom stereocenters. The molecule has 0 unspecified atom stereocenters. The number of rotatable bonds is 4. The lowest BCUT2D eigenvalue weighted by Gasteiger charge is -2.09. The Labute approximate surface area is 122 Å². The number of anilines is 1. The number of ether oxygens (including phenoxy) is 1. The van der Waals surface area contributed by atoms with Crippen LogP contribution in [0, 0.1) is 20.8 Å². The first-order valence-electron chi connectivity index (χ1n) is 5.95. The number of sulfonamides is 1. The van der Waals surface area contributed by atoms with Crippen molar-refractivity contribution >= 4 is 27.0 Å². The Hall–Kier alpha value is -1.60. The van der Waals surface area contributed by atoms with Crippen molar-refractivity contribution in [2.24, 2.45) is 0 Å². The fourth-order valence-corrected chi connectivity index (χ4v) is 4.26. The second kappa shape index (κ2) is 5.41. The highest BCUT2D eigenvalue weighted by molar-refractivity contribution is 7.94. The third kappa shape index (κ3) is 2.94. The minimum absolute atomic E-state index is 0.308. The van der Waals surface area contributed by atoms with Crippen molar-refractivity contribution in [3.63, 3.8) is 0 Å². The molecule has 0 amide bonds. The first-order chi connectivity index (χ1) is 9.33. The van der Waals surface area contributed by atoms with E-state index in [1.54, 1.807) is 25.1 Å². The maximum atomic E-state index is 12.3. The molecule has 0 aliphatic carbocycles. The Morgan fingerprint density at radius 3 is 2.45 bits per heavy atom. The van der Waals surface area contributed by atoms with E-state index in [1.165, 1.54) is 18.4 Å². The van der Waals surface area contributed by atoms with Crippen molar-refractivity contribution in [3.8, 4) is 5.88 Å². The standard InChI is InChI=1S/C13H16N2O3S2/c1-8-7-13(19-10(8)3)20(16,17)15-11-5-6-12(18-4)14-9(11)2/h5-7,15H,1-4H3. The zero-order valence-electron chi connectivity index (χ0n) is 11.7. The van der Waals surface area contributed by atoms with E-state index in [4.69, 9.17) is 4.74 Å². The first-order valence-corrected chi connectivity index (χ1v) is 8.25. The van der Waals surface area contributed by atoms with E-state index < -0.39 is 10.0 Å². The maximum absolute atomic E-state index is 12.3. The maximum Gasteiger partial charge on any atom is 0.271 e. The van der Waals surface area contributed by atoms with Crippen molar-refractivity contribution in [2.45, 2.75) is 25.0 Å². The molecule has 2 heterocycles. The van der Waals surface area contributed by atoms with Gasteiger partial charge < -0.3 is 4.74 Å². The summed E-state index contributed by atoms with van der Waals surface area (Å²) in [5, 5.41) is 0. The fraction of sp³-hybridized carbons (Fsp3) is 0.308. The third-order valence-electron chi connectivity index (χ3n) is 2.92. The van der Waals surface area contributed by atoms with Crippen molar-refractivity contribution in [1.82, 2.24) is 4.98 Å². The van der Waals surface area contributed by atoms with Gasteiger partial charge in [-0.2, -0.15) is 0 Å². The van der Waals surface area contributed by atoms with Gasteiger partial charge in [-0.15, -0.1) is 11.3 Å². The molecular weight excluding hydrogens is 296 g/mol. The van der Waals surface area contributed by atoms with Gasteiger partial charge in [0.2, 0.25) is 5.88 Å². The third-order valence-corrected chi connectivity index (χ3v) is 5.91. The van der Waals surface area contributed by atoms with Crippen LogP contribution in [0.15, 0.2) is 22.4 Å². The van der Waals surface area contributed by atoms with E-state index in [9.17, 15) is 8.42 Å². The van der Waals surface area contributed by atoms with Crippen LogP contribution in [-0.4, -0.2) is 20.5 Å². The molecular formula is C13H16N2O3S2. The summed E-state index contributed by atoms with van der Waals surface area (Å²) < 4.78 is 32.5. The number of hydrogen-bond donors (Lipinski definition) is 1. The van der Waals surface area contributed by atoms with Crippen LogP contribution in [0.4, 0.5) is 5.69 Å². The van der Waals surface area contributed by atoms with E-state index in [2.05, 4.69) is 9.71 Å². The van der Waals surface area contributed by atoms with Crippen LogP contribution < -0.4 is 9.46 Å². The molecule has 0 radical (unpaired) electrons. The van der Waals surface area contributed by atoms with Gasteiger partial charge in [-0.1, -0.05) is 0 Å². The molecule has 0 aliphatic rings. The minimum Gasteiger partial charge on any atom is -0.481 e. The summed E-state index contributed by atoms with van der Waals surface area (Å²) >= 11 is 1.26. The van der Waals surface area contributed by atoms with Gasteiger partial charge in [0.25, 0.3) is 10.0 Å². The van der Waals surface area contributed by atoms with Gasteiger partial charge in [0.05, 0.1) is 18.5 Å². The zero-order chi connectivity index (χ0) is 14.9. The molecule has 0 aromatic carbocycles. The molecule has 1 N–H and O–H groups in total. The van der Waals surface area contributed by atoms with Crippen molar-refractivity contribution in [1.29, 1.82) is 0 Å². The second-order valence-electron chi connectivity index (χ2n) is 4.40. The van der Waals surface area contributed by atoms with E-state index in [-0.39, 0.29) is 0 Å². The van der Waals surface area contributed by atoms with Crippen molar-refractivity contribution < 1.29 is 13.2 Å². The Balaban J connectivity index is 2.33. The van der Waals surface area contributed by atoms with Gasteiger partial charge in [0, 0.05) is 10.9 Å². The van der Waals surface area contributed by atoms with E-state index >= 15 is 0 Å². The molecule has 2 aromatic heterocycles. The van der Waals surface area contributed by atoms with Crippen LogP contribution in [0.3, 0.4) is 0 Å². The number of thiophene rings is 1. The van der Waals surface area contributed by atoms with Crippen molar-refractivity contribution in [2.75, 3.05) is 11.8 Å². The molecule has 2 aromatic rings. The normalized spacial score (nSPS) is 11.4. The summed E-state index contributed by atoms with van der Waals surface area (Å²) in [6, 6.07) is 4.94. The molecule has 0 spiro atoms. The summed E-state index contributed by atoms with van der Waals surface area (Å²) in [7, 11) is -2.05. The largest absolute Gasteiger partial charge is 0.481 e. The lowest BCUT2D eigenvalue weighted by molar-refractivity contribution is 0.397. The smallest absolute Gasteiger partial charge is 0.271 e. The Morgan fingerprint density at radius 2 is 1.95 bits per heavy atom. The average Bonchev–Trinajstić information content (AvgIpc) is 2.73. The summed E-state index contributed by atoms with van der Waals surface area (Å²) in [6.07, 6.45) is 0. The molecule has 0 saturated carbocycles. The van der Waals surface area contributed by atoms with Gasteiger partial charge in [0.1, 0.15) is 4.21 Å². The molecule has 0 saturated heterocycles. The number of nitrogens with zero attached hydrogens (tertiary/aromatic N) is 1. The van der Waals surface area contributed by atoms with Crippen LogP contribution in [0.2, 0.25) is 0 Å². The number of nitrogens with one attached hydrogen (secondary N) is 1. The zero-order valence-corrected chi connectivity index (χ0v) is 13.4. The lowest BCUT2D eigenvalue weighted by Crippen LogP contribution is -2.13. The number of methoxy groups -OCH3 is 1. The number of aryl methyl sites for hydroxylation is 3. The van der Waals surface area contributed by atoms with Gasteiger partial charge in [-0.05, 0) is 38.5 Å². The topological polar surface area (TPSA) is 68.3 Å². The molecule has 108 valence electrons. The monoisotopic (exact) mass is 312 g/mol. The van der Waals surface area contributed by atoms with Gasteiger partial charge in [-0.3, -0.25) is 4.72 Å². The van der Waals surface area contributed by atoms with Crippen molar-refractivity contribution in [3.05, 3.63) is 34.3 Å². The first kappa shape index (κ1) is 14.8. The molecule has 7 heteroatoms. The molecule has 5 nitrogen and oxygen atoms in total. The summed E-state index contributed by atoms with van der Waals surface area (Å²) in [6.45, 7) is 5.52. The number of hydrogen-bond acceptors (Lipinski definition) is 5. The molecule has 0 bridgehead atoms. The Morgan fingerprint density at radius 1 is 1.25 bits per heavy atom. The van der Waals surface area contributed by atoms with Crippen LogP contribution in [-0.2, 0) is 10.0 Å². The predicted molar refractivity (Wildman–Crippen MR) is 80.1 cm³/mol. The Bertz CT molecular complexity index is 717. The molecule has 20 heavy (non-hydrogen) atoms. The molecule has 2 rings (SSSR count). The Kier molecular flexibility index (Phi) is 4.01. The molecule has 0 fully saturated rings. The van der Waals surface area contributed by atoms with E-state index in [1.807, 2.05) is 13.8 Å². The number of pyridine rings is 1. The predicted octanol–water partition coefficient (Wildman–Crippen LogP) is 2.88. The highest BCUT2D eigenvalue weighted by Crippen LogP contribution is 2.27. The van der Waals surface area contributed by atoms with E-state index in [0.717, 1.165) is 10.4 Å². The van der Waals surface area contributed by atoms with E-state index in [0.29, 0.717) is 21.5 Å². The molecule has 0 aliphatic heterocycles.